The molecule has 2 heterocycles. The molecule has 2 aliphatic rings. The lowest BCUT2D eigenvalue weighted by molar-refractivity contribution is 0.0685. The molecule has 2 aliphatic heterocycles. The maximum absolute atomic E-state index is 12.1. The van der Waals surface area contributed by atoms with Crippen molar-refractivity contribution >= 4 is 6.09 Å². The molecule has 5 nitrogen and oxygen atoms in total. The van der Waals surface area contributed by atoms with Crippen LogP contribution in [0.15, 0.2) is 30.3 Å². The third-order valence-corrected chi connectivity index (χ3v) is 4.51. The van der Waals surface area contributed by atoms with Crippen molar-refractivity contribution in [1.29, 1.82) is 0 Å². The molecule has 0 aromatic heterocycles. The lowest BCUT2D eigenvalue weighted by atomic mass is 10.1. The molecule has 0 saturated carbocycles. The van der Waals surface area contributed by atoms with E-state index in [4.69, 9.17) is 4.74 Å². The molecule has 0 bridgehead atoms. The summed E-state index contributed by atoms with van der Waals surface area (Å²) in [5.41, 5.74) is 1.03. The first-order chi connectivity index (χ1) is 10.8. The molecule has 1 amide bonds. The van der Waals surface area contributed by atoms with Gasteiger partial charge >= 0.3 is 6.09 Å². The van der Waals surface area contributed by atoms with E-state index in [0.29, 0.717) is 6.61 Å². The van der Waals surface area contributed by atoms with E-state index in [9.17, 15) is 4.79 Å². The van der Waals surface area contributed by atoms with Crippen LogP contribution in [0.4, 0.5) is 4.79 Å². The van der Waals surface area contributed by atoms with Crippen LogP contribution in [0.25, 0.3) is 0 Å². The van der Waals surface area contributed by atoms with E-state index in [1.54, 1.807) is 0 Å². The van der Waals surface area contributed by atoms with Gasteiger partial charge in [0.25, 0.3) is 0 Å². The summed E-state index contributed by atoms with van der Waals surface area (Å²) >= 11 is 0. The fourth-order valence-corrected chi connectivity index (χ4v) is 3.16. The Morgan fingerprint density at radius 1 is 1.18 bits per heavy atom. The molecule has 0 aliphatic carbocycles. The Hall–Kier alpha value is -1.59. The van der Waals surface area contributed by atoms with E-state index in [0.717, 1.165) is 57.3 Å². The van der Waals surface area contributed by atoms with Crippen LogP contribution in [0.3, 0.4) is 0 Å². The second-order valence-corrected chi connectivity index (χ2v) is 6.19. The van der Waals surface area contributed by atoms with Crippen molar-refractivity contribution in [3.63, 3.8) is 0 Å². The van der Waals surface area contributed by atoms with Crippen LogP contribution in [-0.4, -0.2) is 61.7 Å². The number of hydrogen-bond acceptors (Lipinski definition) is 4. The largest absolute Gasteiger partial charge is 0.445 e. The van der Waals surface area contributed by atoms with E-state index in [2.05, 4.69) is 10.2 Å². The molecule has 120 valence electrons. The molecule has 1 N–H and O–H groups in total. The first-order valence-corrected chi connectivity index (χ1v) is 8.20. The fourth-order valence-electron chi connectivity index (χ4n) is 3.16. The topological polar surface area (TPSA) is 44.8 Å². The Kier molecular flexibility index (Phi) is 5.29. The van der Waals surface area contributed by atoms with Gasteiger partial charge in [-0.05, 0) is 31.0 Å². The van der Waals surface area contributed by atoms with Crippen molar-refractivity contribution in [1.82, 2.24) is 15.1 Å². The van der Waals surface area contributed by atoms with Crippen molar-refractivity contribution in [3.8, 4) is 0 Å². The monoisotopic (exact) mass is 303 g/mol. The normalized spacial score (nSPS) is 22.7. The number of carbonyl (C=O) groups is 1. The summed E-state index contributed by atoms with van der Waals surface area (Å²) < 4.78 is 5.39. The maximum Gasteiger partial charge on any atom is 0.410 e. The zero-order valence-corrected chi connectivity index (χ0v) is 13.0. The number of rotatable bonds is 4. The Morgan fingerprint density at radius 2 is 1.95 bits per heavy atom. The molecule has 2 saturated heterocycles. The summed E-state index contributed by atoms with van der Waals surface area (Å²) in [6.45, 7) is 7.25. The highest BCUT2D eigenvalue weighted by atomic mass is 16.6. The molecular weight excluding hydrogens is 278 g/mol. The predicted molar refractivity (Wildman–Crippen MR) is 85.6 cm³/mol. The fraction of sp³-hybridized carbons (Fsp3) is 0.588. The highest BCUT2D eigenvalue weighted by Crippen LogP contribution is 2.12. The number of benzene rings is 1. The quantitative estimate of drug-likeness (QED) is 0.917. The number of piperazine rings is 1. The first-order valence-electron chi connectivity index (χ1n) is 8.20. The summed E-state index contributed by atoms with van der Waals surface area (Å²) in [6, 6.07) is 9.83. The summed E-state index contributed by atoms with van der Waals surface area (Å²) in [6.07, 6.45) is 1.09. The van der Waals surface area contributed by atoms with Gasteiger partial charge in [-0.1, -0.05) is 30.3 Å². The predicted octanol–water partition coefficient (Wildman–Crippen LogP) is 1.55. The van der Waals surface area contributed by atoms with Crippen molar-refractivity contribution in [2.75, 3.05) is 45.8 Å². The highest BCUT2D eigenvalue weighted by Gasteiger charge is 2.24. The zero-order chi connectivity index (χ0) is 15.2. The number of ether oxygens (including phenoxy) is 1. The molecule has 5 heteroatoms. The molecule has 1 atom stereocenters. The van der Waals surface area contributed by atoms with Crippen LogP contribution in [-0.2, 0) is 11.3 Å². The van der Waals surface area contributed by atoms with E-state index in [1.165, 1.54) is 6.42 Å². The smallest absolute Gasteiger partial charge is 0.410 e. The van der Waals surface area contributed by atoms with Gasteiger partial charge in [0.15, 0.2) is 0 Å². The molecule has 1 aromatic carbocycles. The van der Waals surface area contributed by atoms with Gasteiger partial charge in [0.2, 0.25) is 0 Å². The van der Waals surface area contributed by atoms with Crippen LogP contribution < -0.4 is 5.32 Å². The minimum atomic E-state index is -0.189. The Bertz CT molecular complexity index is 466. The highest BCUT2D eigenvalue weighted by molar-refractivity contribution is 5.67. The lowest BCUT2D eigenvalue weighted by Crippen LogP contribution is -2.50. The molecule has 3 rings (SSSR count). The van der Waals surface area contributed by atoms with Crippen molar-refractivity contribution in [2.45, 2.75) is 13.0 Å². The van der Waals surface area contributed by atoms with Gasteiger partial charge in [0.05, 0.1) is 0 Å². The SMILES string of the molecule is O=C(OCc1ccccc1)N1CCN(CC2CCNC2)CC1. The molecule has 2 fully saturated rings. The number of amides is 1. The molecule has 0 spiro atoms. The molecule has 1 unspecified atom stereocenters. The number of nitrogens with one attached hydrogen (secondary N) is 1. The van der Waals surface area contributed by atoms with Crippen molar-refractivity contribution < 1.29 is 9.53 Å². The Morgan fingerprint density at radius 3 is 2.64 bits per heavy atom. The third kappa shape index (κ3) is 4.21. The van der Waals surface area contributed by atoms with Crippen LogP contribution in [0.2, 0.25) is 0 Å². The lowest BCUT2D eigenvalue weighted by Gasteiger charge is -2.35. The number of hydrogen-bond donors (Lipinski definition) is 1. The van der Waals surface area contributed by atoms with E-state index < -0.39 is 0 Å². The van der Waals surface area contributed by atoms with Crippen LogP contribution in [0.5, 0.6) is 0 Å². The molecule has 0 radical (unpaired) electrons. The van der Waals surface area contributed by atoms with Gasteiger partial charge in [-0.25, -0.2) is 4.79 Å². The van der Waals surface area contributed by atoms with Gasteiger partial charge in [0, 0.05) is 32.7 Å². The average Bonchev–Trinajstić information content (AvgIpc) is 3.07. The Balaban J connectivity index is 1.38. The second-order valence-electron chi connectivity index (χ2n) is 6.19. The number of carbonyl (C=O) groups excluding carboxylic acids is 1. The second kappa shape index (κ2) is 7.61. The Labute approximate surface area is 132 Å². The molecule has 1 aromatic rings. The molecular formula is C17H25N3O2. The van der Waals surface area contributed by atoms with Gasteiger partial charge in [0.1, 0.15) is 6.61 Å². The van der Waals surface area contributed by atoms with Gasteiger partial charge in [-0.3, -0.25) is 4.90 Å². The van der Waals surface area contributed by atoms with Crippen LogP contribution in [0, 0.1) is 5.92 Å². The van der Waals surface area contributed by atoms with Crippen molar-refractivity contribution in [3.05, 3.63) is 35.9 Å². The zero-order valence-electron chi connectivity index (χ0n) is 13.0. The molecule has 22 heavy (non-hydrogen) atoms. The van der Waals surface area contributed by atoms with E-state index in [1.807, 2.05) is 35.2 Å². The third-order valence-electron chi connectivity index (χ3n) is 4.51. The van der Waals surface area contributed by atoms with Gasteiger partial charge in [-0.2, -0.15) is 0 Å². The van der Waals surface area contributed by atoms with Crippen molar-refractivity contribution in [2.24, 2.45) is 5.92 Å². The summed E-state index contributed by atoms with van der Waals surface area (Å²) in [5.74, 6) is 0.775. The van der Waals surface area contributed by atoms with Gasteiger partial charge in [-0.15, -0.1) is 0 Å². The first kappa shape index (κ1) is 15.3. The van der Waals surface area contributed by atoms with Crippen LogP contribution >= 0.6 is 0 Å². The summed E-state index contributed by atoms with van der Waals surface area (Å²) in [7, 11) is 0. The minimum Gasteiger partial charge on any atom is -0.445 e. The standard InChI is InChI=1S/C17H25N3O2/c21-17(22-14-15-4-2-1-3-5-15)20-10-8-19(9-11-20)13-16-6-7-18-12-16/h1-5,16,18H,6-14H2. The van der Waals surface area contributed by atoms with E-state index in [-0.39, 0.29) is 6.09 Å². The number of nitrogens with zero attached hydrogens (tertiary/aromatic N) is 2. The maximum atomic E-state index is 12.1. The average molecular weight is 303 g/mol. The van der Waals surface area contributed by atoms with Gasteiger partial charge < -0.3 is 15.0 Å². The van der Waals surface area contributed by atoms with Crippen LogP contribution in [0.1, 0.15) is 12.0 Å². The minimum absolute atomic E-state index is 0.189. The van der Waals surface area contributed by atoms with E-state index >= 15 is 0 Å². The summed E-state index contributed by atoms with van der Waals surface area (Å²) in [5, 5.41) is 3.41. The summed E-state index contributed by atoms with van der Waals surface area (Å²) in [4.78, 5) is 16.4.